The lowest BCUT2D eigenvalue weighted by atomic mass is 9.99. The normalized spacial score (nSPS) is 16.6. The van der Waals surface area contributed by atoms with Crippen LogP contribution in [0, 0.1) is 5.92 Å². The number of carbonyl (C=O) groups excluding carboxylic acids is 1. The van der Waals surface area contributed by atoms with E-state index in [4.69, 9.17) is 16.3 Å². The number of carbonyl (C=O) groups is 1. The van der Waals surface area contributed by atoms with Crippen LogP contribution in [-0.2, 0) is 11.2 Å². The average molecular weight is 311 g/mol. The molecule has 1 saturated heterocycles. The quantitative estimate of drug-likeness (QED) is 0.907. The zero-order chi connectivity index (χ0) is 15.2. The van der Waals surface area contributed by atoms with Crippen LogP contribution in [0.25, 0.3) is 0 Å². The summed E-state index contributed by atoms with van der Waals surface area (Å²) in [4.78, 5) is 14.3. The second-order valence-electron chi connectivity index (χ2n) is 5.47. The molecule has 0 bridgehead atoms. The van der Waals surface area contributed by atoms with Crippen LogP contribution in [0.1, 0.15) is 18.9 Å². The van der Waals surface area contributed by atoms with E-state index in [0.717, 1.165) is 50.3 Å². The number of rotatable bonds is 5. The molecule has 1 aliphatic rings. The first-order chi connectivity index (χ1) is 10.1. The van der Waals surface area contributed by atoms with Crippen molar-refractivity contribution < 1.29 is 9.53 Å². The predicted molar refractivity (Wildman–Crippen MR) is 84.9 cm³/mol. The Hall–Kier alpha value is -1.26. The Kier molecular flexibility index (Phi) is 5.88. The Labute approximate surface area is 131 Å². The molecule has 1 aliphatic heterocycles. The van der Waals surface area contributed by atoms with Crippen LogP contribution in [-0.4, -0.2) is 44.1 Å². The van der Waals surface area contributed by atoms with Gasteiger partial charge in [0.05, 0.1) is 7.11 Å². The number of hydrogen-bond donors (Lipinski definition) is 1. The van der Waals surface area contributed by atoms with Crippen molar-refractivity contribution in [2.45, 2.75) is 19.8 Å². The Balaban J connectivity index is 1.92. The lowest BCUT2D eigenvalue weighted by Gasteiger charge is -2.29. The molecule has 1 amide bonds. The van der Waals surface area contributed by atoms with Crippen LogP contribution in [0.2, 0.25) is 5.02 Å². The number of nitrogens with zero attached hydrogens (tertiary/aromatic N) is 1. The number of methoxy groups -OCH3 is 1. The van der Waals surface area contributed by atoms with Gasteiger partial charge in [0.1, 0.15) is 5.75 Å². The van der Waals surface area contributed by atoms with Gasteiger partial charge in [-0.05, 0) is 36.6 Å². The molecule has 1 unspecified atom stereocenters. The summed E-state index contributed by atoms with van der Waals surface area (Å²) >= 11 is 6.04. The van der Waals surface area contributed by atoms with Gasteiger partial charge < -0.3 is 15.0 Å². The van der Waals surface area contributed by atoms with Gasteiger partial charge in [-0.25, -0.2) is 0 Å². The third-order valence-corrected chi connectivity index (χ3v) is 4.17. The van der Waals surface area contributed by atoms with Crippen molar-refractivity contribution in [2.75, 3.05) is 33.3 Å². The topological polar surface area (TPSA) is 41.6 Å². The lowest BCUT2D eigenvalue weighted by Crippen LogP contribution is -2.48. The maximum absolute atomic E-state index is 12.4. The molecular weight excluding hydrogens is 288 g/mol. The second kappa shape index (κ2) is 7.66. The lowest BCUT2D eigenvalue weighted by molar-refractivity contribution is -0.135. The maximum atomic E-state index is 12.4. The first-order valence-electron chi connectivity index (χ1n) is 7.43. The molecule has 1 fully saturated rings. The standard InChI is InChI=1S/C16H23ClN2O2/c1-12(16(20)19-9-7-18-8-10-19)3-4-13-11-14(17)5-6-15(13)21-2/h5-6,11-12,18H,3-4,7-10H2,1-2H3. The largest absolute Gasteiger partial charge is 0.496 e. The Morgan fingerprint density at radius 1 is 1.43 bits per heavy atom. The van der Waals surface area contributed by atoms with E-state index in [2.05, 4.69) is 5.32 Å². The Bertz CT molecular complexity index is 487. The molecule has 0 saturated carbocycles. The average Bonchev–Trinajstić information content (AvgIpc) is 2.52. The van der Waals surface area contributed by atoms with Gasteiger partial charge in [0.25, 0.3) is 0 Å². The molecule has 0 radical (unpaired) electrons. The van der Waals surface area contributed by atoms with Crippen LogP contribution < -0.4 is 10.1 Å². The van der Waals surface area contributed by atoms with E-state index in [1.54, 1.807) is 7.11 Å². The van der Waals surface area contributed by atoms with E-state index in [1.807, 2.05) is 30.0 Å². The highest BCUT2D eigenvalue weighted by molar-refractivity contribution is 6.30. The van der Waals surface area contributed by atoms with Gasteiger partial charge >= 0.3 is 0 Å². The van der Waals surface area contributed by atoms with Crippen LogP contribution >= 0.6 is 11.6 Å². The molecule has 4 nitrogen and oxygen atoms in total. The monoisotopic (exact) mass is 310 g/mol. The van der Waals surface area contributed by atoms with E-state index in [0.29, 0.717) is 5.02 Å². The third-order valence-electron chi connectivity index (χ3n) is 3.94. The molecule has 2 rings (SSSR count). The van der Waals surface area contributed by atoms with Gasteiger partial charge in [0.2, 0.25) is 5.91 Å². The highest BCUT2D eigenvalue weighted by Crippen LogP contribution is 2.25. The van der Waals surface area contributed by atoms with Crippen LogP contribution in [0.5, 0.6) is 5.75 Å². The van der Waals surface area contributed by atoms with E-state index < -0.39 is 0 Å². The van der Waals surface area contributed by atoms with Crippen LogP contribution in [0.4, 0.5) is 0 Å². The molecule has 1 heterocycles. The van der Waals surface area contributed by atoms with Gasteiger partial charge in [-0.3, -0.25) is 4.79 Å². The summed E-state index contributed by atoms with van der Waals surface area (Å²) < 4.78 is 5.35. The zero-order valence-corrected chi connectivity index (χ0v) is 13.4. The summed E-state index contributed by atoms with van der Waals surface area (Å²) in [5.74, 6) is 1.10. The summed E-state index contributed by atoms with van der Waals surface area (Å²) in [6.07, 6.45) is 1.60. The minimum Gasteiger partial charge on any atom is -0.496 e. The molecule has 0 aromatic heterocycles. The number of nitrogens with one attached hydrogen (secondary N) is 1. The summed E-state index contributed by atoms with van der Waals surface area (Å²) in [6.45, 7) is 5.40. The molecule has 1 aromatic rings. The highest BCUT2D eigenvalue weighted by atomic mass is 35.5. The summed E-state index contributed by atoms with van der Waals surface area (Å²) in [5, 5.41) is 3.96. The molecule has 116 valence electrons. The third kappa shape index (κ3) is 4.35. The summed E-state index contributed by atoms with van der Waals surface area (Å²) in [5.41, 5.74) is 1.06. The number of benzene rings is 1. The predicted octanol–water partition coefficient (Wildman–Crippen LogP) is 2.35. The number of aryl methyl sites for hydroxylation is 1. The molecular formula is C16H23ClN2O2. The maximum Gasteiger partial charge on any atom is 0.225 e. The number of ether oxygens (including phenoxy) is 1. The first-order valence-corrected chi connectivity index (χ1v) is 7.81. The molecule has 1 N–H and O–H groups in total. The minimum atomic E-state index is 0.0202. The Morgan fingerprint density at radius 3 is 2.81 bits per heavy atom. The fourth-order valence-corrected chi connectivity index (χ4v) is 2.83. The molecule has 0 aliphatic carbocycles. The SMILES string of the molecule is COc1ccc(Cl)cc1CCC(C)C(=O)N1CCNCC1. The Morgan fingerprint density at radius 2 is 2.14 bits per heavy atom. The van der Waals surface area contributed by atoms with E-state index in [9.17, 15) is 4.79 Å². The minimum absolute atomic E-state index is 0.0202. The van der Waals surface area contributed by atoms with Crippen molar-refractivity contribution in [2.24, 2.45) is 5.92 Å². The zero-order valence-electron chi connectivity index (χ0n) is 12.7. The van der Waals surface area contributed by atoms with E-state index in [1.165, 1.54) is 0 Å². The fraction of sp³-hybridized carbons (Fsp3) is 0.562. The highest BCUT2D eigenvalue weighted by Gasteiger charge is 2.22. The van der Waals surface area contributed by atoms with Crippen molar-refractivity contribution in [3.05, 3.63) is 28.8 Å². The number of hydrogen-bond acceptors (Lipinski definition) is 3. The van der Waals surface area contributed by atoms with Crippen LogP contribution in [0.3, 0.4) is 0 Å². The molecule has 1 atom stereocenters. The van der Waals surface area contributed by atoms with Gasteiger partial charge in [0.15, 0.2) is 0 Å². The molecule has 0 spiro atoms. The summed E-state index contributed by atoms with van der Waals surface area (Å²) in [7, 11) is 1.65. The van der Waals surface area contributed by atoms with Gasteiger partial charge in [-0.1, -0.05) is 18.5 Å². The van der Waals surface area contributed by atoms with Crippen molar-refractivity contribution >= 4 is 17.5 Å². The molecule has 1 aromatic carbocycles. The van der Waals surface area contributed by atoms with Crippen molar-refractivity contribution in [1.29, 1.82) is 0 Å². The smallest absolute Gasteiger partial charge is 0.225 e. The van der Waals surface area contributed by atoms with Gasteiger partial charge in [-0.15, -0.1) is 0 Å². The van der Waals surface area contributed by atoms with Gasteiger partial charge in [-0.2, -0.15) is 0 Å². The van der Waals surface area contributed by atoms with E-state index >= 15 is 0 Å². The number of halogens is 1. The van der Waals surface area contributed by atoms with Gasteiger partial charge in [0, 0.05) is 37.1 Å². The number of piperazine rings is 1. The summed E-state index contributed by atoms with van der Waals surface area (Å²) in [6, 6.07) is 5.61. The number of amides is 1. The van der Waals surface area contributed by atoms with Crippen molar-refractivity contribution in [3.63, 3.8) is 0 Å². The van der Waals surface area contributed by atoms with Crippen LogP contribution in [0.15, 0.2) is 18.2 Å². The molecule has 5 heteroatoms. The van der Waals surface area contributed by atoms with Crippen molar-refractivity contribution in [3.8, 4) is 5.75 Å². The first kappa shape index (κ1) is 16.1. The van der Waals surface area contributed by atoms with E-state index in [-0.39, 0.29) is 11.8 Å². The second-order valence-corrected chi connectivity index (χ2v) is 5.91. The molecule has 21 heavy (non-hydrogen) atoms. The fourth-order valence-electron chi connectivity index (χ4n) is 2.63. The van der Waals surface area contributed by atoms with Crippen molar-refractivity contribution in [1.82, 2.24) is 10.2 Å².